The molecule has 1 aliphatic heterocycles. The zero-order valence-electron chi connectivity index (χ0n) is 19.4. The number of rotatable bonds is 7. The molecule has 190 valence electrons. The monoisotopic (exact) mass is 605 g/mol. The van der Waals surface area contributed by atoms with E-state index in [1.807, 2.05) is 0 Å². The molecule has 3 aromatic rings. The Morgan fingerprint density at radius 3 is 2.49 bits per heavy atom. The summed E-state index contributed by atoms with van der Waals surface area (Å²) in [6.45, 7) is -0.291. The van der Waals surface area contributed by atoms with Crippen LogP contribution in [0.25, 0.3) is 6.08 Å². The summed E-state index contributed by atoms with van der Waals surface area (Å²) in [5.74, 6) is -0.839. The van der Waals surface area contributed by atoms with Crippen molar-refractivity contribution >= 4 is 62.5 Å². The highest BCUT2D eigenvalue weighted by atomic mass is 79.9. The fourth-order valence-corrected chi connectivity index (χ4v) is 5.03. The van der Waals surface area contributed by atoms with Crippen LogP contribution in [-0.2, 0) is 11.3 Å². The van der Waals surface area contributed by atoms with Crippen LogP contribution in [0.1, 0.15) is 21.5 Å². The molecular weight excluding hydrogens is 589 g/mol. The van der Waals surface area contributed by atoms with Crippen LogP contribution >= 0.6 is 39.3 Å². The maximum absolute atomic E-state index is 14.2. The lowest BCUT2D eigenvalue weighted by atomic mass is 10.1. The molecule has 0 atom stereocenters. The molecule has 0 aliphatic carbocycles. The van der Waals surface area contributed by atoms with Crippen LogP contribution < -0.4 is 14.2 Å². The van der Waals surface area contributed by atoms with Gasteiger partial charge in [0.25, 0.3) is 11.1 Å². The molecule has 1 saturated heterocycles. The van der Waals surface area contributed by atoms with Crippen molar-refractivity contribution in [1.29, 1.82) is 0 Å². The van der Waals surface area contributed by atoms with Crippen molar-refractivity contribution in [3.8, 4) is 17.2 Å². The van der Waals surface area contributed by atoms with Gasteiger partial charge in [-0.1, -0.05) is 17.7 Å². The first kappa shape index (κ1) is 26.7. The summed E-state index contributed by atoms with van der Waals surface area (Å²) in [5, 5.41) is -0.428. The van der Waals surface area contributed by atoms with Gasteiger partial charge in [0.2, 0.25) is 0 Å². The molecule has 0 aromatic heterocycles. The zero-order chi connectivity index (χ0) is 26.7. The second-order valence-corrected chi connectivity index (χ2v) is 9.87. The van der Waals surface area contributed by atoms with Crippen molar-refractivity contribution in [2.24, 2.45) is 0 Å². The van der Waals surface area contributed by atoms with Crippen LogP contribution in [0.3, 0.4) is 0 Å². The molecule has 7 nitrogen and oxygen atoms in total. The van der Waals surface area contributed by atoms with Gasteiger partial charge in [-0.05, 0) is 87.9 Å². The van der Waals surface area contributed by atoms with Crippen LogP contribution in [-0.4, -0.2) is 36.2 Å². The number of ether oxygens (including phenoxy) is 3. The number of carbonyl (C=O) groups excluding carboxylic acids is 3. The van der Waals surface area contributed by atoms with Crippen molar-refractivity contribution < 1.29 is 33.0 Å². The highest BCUT2D eigenvalue weighted by Gasteiger charge is 2.36. The van der Waals surface area contributed by atoms with E-state index in [0.29, 0.717) is 21.3 Å². The fourth-order valence-electron chi connectivity index (χ4n) is 3.43. The van der Waals surface area contributed by atoms with Crippen molar-refractivity contribution in [2.45, 2.75) is 6.54 Å². The Morgan fingerprint density at radius 1 is 1.11 bits per heavy atom. The Morgan fingerprint density at radius 2 is 1.84 bits per heavy atom. The Labute approximate surface area is 229 Å². The average Bonchev–Trinajstić information content (AvgIpc) is 3.14. The van der Waals surface area contributed by atoms with E-state index < -0.39 is 22.9 Å². The summed E-state index contributed by atoms with van der Waals surface area (Å²) < 4.78 is 30.6. The van der Waals surface area contributed by atoms with Crippen molar-refractivity contribution in [3.63, 3.8) is 0 Å². The molecule has 11 heteroatoms. The number of imide groups is 1. The lowest BCUT2D eigenvalue weighted by Gasteiger charge is -2.14. The van der Waals surface area contributed by atoms with E-state index in [1.165, 1.54) is 38.5 Å². The molecule has 1 heterocycles. The van der Waals surface area contributed by atoms with Gasteiger partial charge in [0, 0.05) is 10.6 Å². The second-order valence-electron chi connectivity index (χ2n) is 7.62. The second kappa shape index (κ2) is 11.4. The summed E-state index contributed by atoms with van der Waals surface area (Å²) in [4.78, 5) is 39.1. The Hall–Kier alpha value is -3.34. The molecule has 0 spiro atoms. The molecule has 3 aromatic carbocycles. The predicted molar refractivity (Wildman–Crippen MR) is 142 cm³/mol. The molecule has 0 unspecified atom stereocenters. The Balaban J connectivity index is 1.56. The van der Waals surface area contributed by atoms with Crippen molar-refractivity contribution in [1.82, 2.24) is 4.90 Å². The highest BCUT2D eigenvalue weighted by molar-refractivity contribution is 9.10. The van der Waals surface area contributed by atoms with E-state index in [1.54, 1.807) is 36.4 Å². The predicted octanol–water partition coefficient (Wildman–Crippen LogP) is 6.71. The van der Waals surface area contributed by atoms with Crippen LogP contribution in [0.2, 0.25) is 5.02 Å². The third kappa shape index (κ3) is 5.82. The number of halogens is 3. The van der Waals surface area contributed by atoms with Gasteiger partial charge in [-0.3, -0.25) is 14.5 Å². The Kier molecular flexibility index (Phi) is 8.21. The molecule has 37 heavy (non-hydrogen) atoms. The number of hydrogen-bond acceptors (Lipinski definition) is 7. The number of nitrogens with zero attached hydrogens (tertiary/aromatic N) is 1. The van der Waals surface area contributed by atoms with E-state index in [-0.39, 0.29) is 33.5 Å². The lowest BCUT2D eigenvalue weighted by Crippen LogP contribution is -2.28. The zero-order valence-corrected chi connectivity index (χ0v) is 22.6. The van der Waals surface area contributed by atoms with Gasteiger partial charge in [0.15, 0.2) is 11.5 Å². The molecule has 1 aliphatic rings. The number of esters is 1. The minimum absolute atomic E-state index is 0.0557. The minimum atomic E-state index is -0.609. The molecule has 0 saturated carbocycles. The van der Waals surface area contributed by atoms with E-state index >= 15 is 0 Å². The molecule has 0 N–H and O–H groups in total. The first-order chi connectivity index (χ1) is 17.7. The maximum Gasteiger partial charge on any atom is 0.343 e. The van der Waals surface area contributed by atoms with Crippen molar-refractivity contribution in [2.75, 3.05) is 14.2 Å². The molecule has 0 bridgehead atoms. The lowest BCUT2D eigenvalue weighted by molar-refractivity contribution is -0.123. The summed E-state index contributed by atoms with van der Waals surface area (Å²) in [5.41, 5.74) is 0.866. The number of carbonyl (C=O) groups is 3. The summed E-state index contributed by atoms with van der Waals surface area (Å²) >= 11 is 10.2. The quantitative estimate of drug-likeness (QED) is 0.168. The van der Waals surface area contributed by atoms with E-state index in [2.05, 4.69) is 15.9 Å². The largest absolute Gasteiger partial charge is 0.497 e. The van der Waals surface area contributed by atoms with Gasteiger partial charge >= 0.3 is 5.97 Å². The van der Waals surface area contributed by atoms with Gasteiger partial charge in [0.1, 0.15) is 11.6 Å². The van der Waals surface area contributed by atoms with Gasteiger partial charge in [-0.2, -0.15) is 0 Å². The van der Waals surface area contributed by atoms with Gasteiger partial charge in [-0.25, -0.2) is 9.18 Å². The normalized spacial score (nSPS) is 14.3. The minimum Gasteiger partial charge on any atom is -0.497 e. The molecule has 4 rings (SSSR count). The van der Waals surface area contributed by atoms with Gasteiger partial charge in [-0.15, -0.1) is 0 Å². The highest BCUT2D eigenvalue weighted by Crippen LogP contribution is 2.40. The van der Waals surface area contributed by atoms with Gasteiger partial charge in [0.05, 0.1) is 35.7 Å². The first-order valence-electron chi connectivity index (χ1n) is 10.6. The van der Waals surface area contributed by atoms with E-state index in [9.17, 15) is 18.8 Å². The maximum atomic E-state index is 14.2. The van der Waals surface area contributed by atoms with Gasteiger partial charge < -0.3 is 14.2 Å². The van der Waals surface area contributed by atoms with Crippen LogP contribution in [0.5, 0.6) is 17.2 Å². The first-order valence-corrected chi connectivity index (χ1v) is 12.6. The Bertz CT molecular complexity index is 1410. The number of thioether (sulfide) groups is 1. The number of methoxy groups -OCH3 is 2. The van der Waals surface area contributed by atoms with Crippen molar-refractivity contribution in [3.05, 3.63) is 91.5 Å². The summed E-state index contributed by atoms with van der Waals surface area (Å²) in [6, 6.07) is 13.7. The van der Waals surface area contributed by atoms with Crippen LogP contribution in [0.15, 0.2) is 64.0 Å². The summed E-state index contributed by atoms with van der Waals surface area (Å²) in [7, 11) is 2.93. The SMILES string of the molecule is COc1ccc(C(=O)Oc2c(Br)cc(/C=C3\SC(=O)N(Cc4c(F)cccc4Cl)C3=O)cc2OC)cc1. The molecule has 1 fully saturated rings. The molecular formula is C26H18BrClFNO6S. The van der Waals surface area contributed by atoms with Crippen LogP contribution in [0.4, 0.5) is 9.18 Å². The third-order valence-electron chi connectivity index (χ3n) is 5.32. The van der Waals surface area contributed by atoms with E-state index in [0.717, 1.165) is 16.7 Å². The third-order valence-corrected chi connectivity index (χ3v) is 7.17. The van der Waals surface area contributed by atoms with Crippen LogP contribution in [0, 0.1) is 5.82 Å². The fraction of sp³-hybridized carbons (Fsp3) is 0.115. The average molecular weight is 607 g/mol. The molecule has 2 amide bonds. The van der Waals surface area contributed by atoms with E-state index in [4.69, 9.17) is 25.8 Å². The smallest absolute Gasteiger partial charge is 0.343 e. The number of amides is 2. The number of benzene rings is 3. The standard InChI is InChI=1S/C26H18BrClFNO6S/c1-34-16-8-6-15(7-9-16)25(32)36-23-18(27)10-14(11-21(23)35-2)12-22-24(31)30(26(33)37-22)13-17-19(28)4-3-5-20(17)29/h3-12H,13H2,1-2H3/b22-12-. The molecule has 0 radical (unpaired) electrons. The number of hydrogen-bond donors (Lipinski definition) is 0. The topological polar surface area (TPSA) is 82.1 Å². The summed E-state index contributed by atoms with van der Waals surface area (Å²) in [6.07, 6.45) is 1.50.